The van der Waals surface area contributed by atoms with E-state index in [0.717, 1.165) is 23.3 Å². The molecule has 0 unspecified atom stereocenters. The standard InChI is InChI=1S/C9H9N5O4S3/c1-13-8(19-9(11-13)21(10,17)18)12-20-7-4-2-6(3-5-7)14(15)16/h2-5H,1H3,(H2,10,17,18)/b12-8-. The molecule has 0 aliphatic heterocycles. The highest BCUT2D eigenvalue weighted by Crippen LogP contribution is 2.21. The quantitative estimate of drug-likeness (QED) is 0.490. The molecule has 112 valence electrons. The van der Waals surface area contributed by atoms with E-state index < -0.39 is 14.9 Å². The number of nitrogens with two attached hydrogens (primary N) is 1. The predicted molar refractivity (Wildman–Crippen MR) is 77.0 cm³/mol. The summed E-state index contributed by atoms with van der Waals surface area (Å²) < 4.78 is 27.5. The van der Waals surface area contributed by atoms with Crippen molar-refractivity contribution >= 4 is 39.0 Å². The van der Waals surface area contributed by atoms with E-state index in [9.17, 15) is 18.5 Å². The molecule has 2 N–H and O–H groups in total. The topological polar surface area (TPSA) is 133 Å². The molecule has 12 heteroatoms. The lowest BCUT2D eigenvalue weighted by atomic mass is 10.3. The maximum Gasteiger partial charge on any atom is 0.269 e. The Morgan fingerprint density at radius 1 is 1.43 bits per heavy atom. The minimum Gasteiger partial charge on any atom is -0.258 e. The maximum absolute atomic E-state index is 11.2. The van der Waals surface area contributed by atoms with Crippen molar-refractivity contribution < 1.29 is 13.3 Å². The molecule has 0 saturated heterocycles. The third-order valence-electron chi connectivity index (χ3n) is 2.21. The van der Waals surface area contributed by atoms with Crippen molar-refractivity contribution in [3.63, 3.8) is 0 Å². The fraction of sp³-hybridized carbons (Fsp3) is 0.111. The molecule has 0 atom stereocenters. The number of nitro groups is 1. The van der Waals surface area contributed by atoms with Crippen LogP contribution in [0.5, 0.6) is 0 Å². The van der Waals surface area contributed by atoms with Gasteiger partial charge in [-0.3, -0.25) is 10.1 Å². The van der Waals surface area contributed by atoms with E-state index in [0.29, 0.717) is 9.70 Å². The number of aryl methyl sites for hydroxylation is 1. The van der Waals surface area contributed by atoms with E-state index in [1.165, 1.54) is 16.8 Å². The molecule has 0 aliphatic rings. The summed E-state index contributed by atoms with van der Waals surface area (Å²) >= 11 is 1.89. The monoisotopic (exact) mass is 347 g/mol. The first-order valence-corrected chi connectivity index (χ1v) is 8.43. The molecule has 9 nitrogen and oxygen atoms in total. The first-order valence-electron chi connectivity index (χ1n) is 5.30. The Balaban J connectivity index is 2.25. The summed E-state index contributed by atoms with van der Waals surface area (Å²) in [7, 11) is -2.32. The summed E-state index contributed by atoms with van der Waals surface area (Å²) in [5.74, 6) is 0. The van der Waals surface area contributed by atoms with Crippen LogP contribution in [0, 0.1) is 10.1 Å². The second kappa shape index (κ2) is 5.93. The first kappa shape index (κ1) is 15.6. The van der Waals surface area contributed by atoms with Gasteiger partial charge in [0.25, 0.3) is 15.7 Å². The smallest absolute Gasteiger partial charge is 0.258 e. The number of sulfonamides is 1. The number of rotatable bonds is 4. The summed E-state index contributed by atoms with van der Waals surface area (Å²) in [6.07, 6.45) is 0. The van der Waals surface area contributed by atoms with Crippen LogP contribution in [-0.4, -0.2) is 23.1 Å². The summed E-state index contributed by atoms with van der Waals surface area (Å²) in [4.78, 5) is 11.1. The van der Waals surface area contributed by atoms with Crippen LogP contribution < -0.4 is 9.94 Å². The number of primary sulfonamides is 1. The first-order chi connectivity index (χ1) is 9.77. The molecule has 2 aromatic rings. The molecular formula is C9H9N5O4S3. The highest BCUT2D eigenvalue weighted by molar-refractivity contribution is 7.98. The molecule has 0 spiro atoms. The minimum absolute atomic E-state index is 0.0146. The molecule has 21 heavy (non-hydrogen) atoms. The number of benzene rings is 1. The van der Waals surface area contributed by atoms with Gasteiger partial charge in [0.2, 0.25) is 9.14 Å². The zero-order chi connectivity index (χ0) is 15.6. The van der Waals surface area contributed by atoms with E-state index in [2.05, 4.69) is 9.50 Å². The van der Waals surface area contributed by atoms with Gasteiger partial charge < -0.3 is 0 Å². The van der Waals surface area contributed by atoms with Gasteiger partial charge in [-0.25, -0.2) is 18.2 Å². The largest absolute Gasteiger partial charge is 0.269 e. The van der Waals surface area contributed by atoms with Crippen molar-refractivity contribution in [2.45, 2.75) is 9.24 Å². The molecule has 0 radical (unpaired) electrons. The van der Waals surface area contributed by atoms with Gasteiger partial charge in [0.1, 0.15) is 0 Å². The zero-order valence-corrected chi connectivity index (χ0v) is 13.0. The van der Waals surface area contributed by atoms with Gasteiger partial charge in [-0.2, -0.15) is 4.40 Å². The van der Waals surface area contributed by atoms with Gasteiger partial charge in [-0.05, 0) is 12.1 Å². The summed E-state index contributed by atoms with van der Waals surface area (Å²) in [5, 5.41) is 19.3. The molecule has 2 rings (SSSR count). The van der Waals surface area contributed by atoms with Gasteiger partial charge in [0.05, 0.1) is 4.92 Å². The normalized spacial score (nSPS) is 12.6. The number of aromatic nitrogens is 2. The molecule has 1 aromatic heterocycles. The number of non-ortho nitro benzene ring substituents is 1. The Labute approximate surface area is 127 Å². The Bertz CT molecular complexity index is 837. The number of hydrogen-bond acceptors (Lipinski definition) is 8. The molecule has 0 amide bonds. The zero-order valence-electron chi connectivity index (χ0n) is 10.5. The van der Waals surface area contributed by atoms with E-state index >= 15 is 0 Å². The van der Waals surface area contributed by atoms with Crippen LogP contribution in [0.15, 0.2) is 37.9 Å². The van der Waals surface area contributed by atoms with Gasteiger partial charge in [0, 0.05) is 36.0 Å². The van der Waals surface area contributed by atoms with Crippen LogP contribution >= 0.6 is 23.3 Å². The van der Waals surface area contributed by atoms with E-state index in [4.69, 9.17) is 5.14 Å². The Hall–Kier alpha value is -1.76. The average molecular weight is 347 g/mol. The van der Waals surface area contributed by atoms with Crippen molar-refractivity contribution in [2.75, 3.05) is 0 Å². The van der Waals surface area contributed by atoms with E-state index in [-0.39, 0.29) is 10.0 Å². The number of nitrogens with zero attached hydrogens (tertiary/aromatic N) is 4. The third kappa shape index (κ3) is 3.87. The van der Waals surface area contributed by atoms with Gasteiger partial charge in [-0.1, -0.05) is 11.3 Å². The molecule has 1 heterocycles. The summed E-state index contributed by atoms with van der Waals surface area (Å²) in [5.41, 5.74) is -0.0146. The summed E-state index contributed by atoms with van der Waals surface area (Å²) in [6.45, 7) is 0. The molecule has 0 saturated carbocycles. The van der Waals surface area contributed by atoms with Crippen LogP contribution in [0.25, 0.3) is 0 Å². The molecule has 0 bridgehead atoms. The fourth-order valence-electron chi connectivity index (χ4n) is 1.24. The molecular weight excluding hydrogens is 338 g/mol. The molecule has 1 aromatic carbocycles. The Kier molecular flexibility index (Phi) is 4.41. The molecule has 0 fully saturated rings. The maximum atomic E-state index is 11.2. The van der Waals surface area contributed by atoms with Crippen molar-refractivity contribution in [1.82, 2.24) is 9.78 Å². The van der Waals surface area contributed by atoms with Gasteiger partial charge >= 0.3 is 0 Å². The van der Waals surface area contributed by atoms with Crippen LogP contribution in [0.4, 0.5) is 5.69 Å². The fourth-order valence-corrected chi connectivity index (χ4v) is 3.48. The van der Waals surface area contributed by atoms with E-state index in [1.54, 1.807) is 19.2 Å². The minimum atomic E-state index is -3.86. The highest BCUT2D eigenvalue weighted by atomic mass is 32.2. The Morgan fingerprint density at radius 3 is 2.52 bits per heavy atom. The lowest BCUT2D eigenvalue weighted by molar-refractivity contribution is -0.384. The predicted octanol–water partition coefficient (Wildman–Crippen LogP) is 0.645. The van der Waals surface area contributed by atoms with Crippen LogP contribution in [0.3, 0.4) is 0 Å². The summed E-state index contributed by atoms with van der Waals surface area (Å²) in [6, 6.07) is 5.82. The second-order valence-corrected chi connectivity index (χ2v) is 7.28. The van der Waals surface area contributed by atoms with Crippen LogP contribution in [-0.2, 0) is 17.1 Å². The van der Waals surface area contributed by atoms with Gasteiger partial charge in [0.15, 0.2) is 0 Å². The van der Waals surface area contributed by atoms with Crippen LogP contribution in [0.2, 0.25) is 0 Å². The molecule has 0 aliphatic carbocycles. The number of nitro benzene ring substituents is 1. The van der Waals surface area contributed by atoms with Crippen molar-refractivity contribution in [2.24, 2.45) is 16.6 Å². The van der Waals surface area contributed by atoms with E-state index in [1.807, 2.05) is 0 Å². The van der Waals surface area contributed by atoms with Crippen molar-refractivity contribution in [3.8, 4) is 0 Å². The lowest BCUT2D eigenvalue weighted by Gasteiger charge is -1.94. The number of hydrogen-bond donors (Lipinski definition) is 1. The average Bonchev–Trinajstić information content (AvgIpc) is 2.78. The Morgan fingerprint density at radius 2 is 2.05 bits per heavy atom. The third-order valence-corrected chi connectivity index (χ3v) is 5.38. The van der Waals surface area contributed by atoms with Gasteiger partial charge in [-0.15, -0.1) is 5.10 Å². The highest BCUT2D eigenvalue weighted by Gasteiger charge is 2.14. The second-order valence-electron chi connectivity index (χ2n) is 3.75. The van der Waals surface area contributed by atoms with Crippen LogP contribution in [0.1, 0.15) is 0 Å². The SMILES string of the molecule is Cn1nc(S(N)(=O)=O)s/c1=N\Sc1ccc([N+](=O)[O-])cc1. The van der Waals surface area contributed by atoms with Crippen molar-refractivity contribution in [3.05, 3.63) is 39.2 Å². The van der Waals surface area contributed by atoms with Crippen molar-refractivity contribution in [1.29, 1.82) is 0 Å². The lowest BCUT2D eigenvalue weighted by Crippen LogP contribution is -2.13.